The van der Waals surface area contributed by atoms with Crippen molar-refractivity contribution in [3.05, 3.63) is 47.2 Å². The van der Waals surface area contributed by atoms with Gasteiger partial charge in [0.2, 0.25) is 5.91 Å². The molecule has 0 fully saturated rings. The number of hydrogen-bond acceptors (Lipinski definition) is 4. The summed E-state index contributed by atoms with van der Waals surface area (Å²) in [6.45, 7) is 3.47. The van der Waals surface area contributed by atoms with E-state index in [-0.39, 0.29) is 30.9 Å². The maximum atomic E-state index is 12.3. The Balaban J connectivity index is 0.00000243. The van der Waals surface area contributed by atoms with E-state index < -0.39 is 0 Å². The number of hydrogen-bond donors (Lipinski definition) is 2. The van der Waals surface area contributed by atoms with Crippen LogP contribution in [0.15, 0.2) is 30.5 Å². The highest BCUT2D eigenvalue weighted by molar-refractivity contribution is 5.92. The third-order valence-corrected chi connectivity index (χ3v) is 4.64. The van der Waals surface area contributed by atoms with Crippen LogP contribution in [-0.2, 0) is 16.0 Å². The van der Waals surface area contributed by atoms with Crippen LogP contribution in [0, 0.1) is 6.92 Å². The van der Waals surface area contributed by atoms with Gasteiger partial charge in [0.05, 0.1) is 25.4 Å². The van der Waals surface area contributed by atoms with E-state index in [1.807, 2.05) is 17.8 Å². The number of halogens is 1. The normalized spacial score (nSPS) is 15.8. The Morgan fingerprint density at radius 1 is 1.38 bits per heavy atom. The first-order chi connectivity index (χ1) is 12.2. The van der Waals surface area contributed by atoms with Crippen molar-refractivity contribution in [3.63, 3.8) is 0 Å². The molecule has 2 N–H and O–H groups in total. The molecule has 1 atom stereocenters. The average Bonchev–Trinajstić information content (AvgIpc) is 2.99. The molecule has 0 radical (unpaired) electrons. The van der Waals surface area contributed by atoms with Crippen LogP contribution in [0.25, 0.3) is 0 Å². The summed E-state index contributed by atoms with van der Waals surface area (Å²) in [5.74, 6) is 0.727. The lowest BCUT2D eigenvalue weighted by molar-refractivity contribution is -0.115. The molecule has 6 nitrogen and oxygen atoms in total. The van der Waals surface area contributed by atoms with E-state index in [2.05, 4.69) is 40.0 Å². The van der Waals surface area contributed by atoms with Gasteiger partial charge in [-0.25, -0.2) is 4.68 Å². The number of aryl methyl sites for hydroxylation is 2. The molecule has 0 spiro atoms. The van der Waals surface area contributed by atoms with Gasteiger partial charge in [-0.1, -0.05) is 24.3 Å². The zero-order valence-electron chi connectivity index (χ0n) is 15.3. The molecule has 1 aromatic carbocycles. The molecule has 7 heteroatoms. The molecule has 0 aliphatic heterocycles. The summed E-state index contributed by atoms with van der Waals surface area (Å²) < 4.78 is 6.94. The van der Waals surface area contributed by atoms with Crippen molar-refractivity contribution in [1.29, 1.82) is 0 Å². The lowest BCUT2D eigenvalue weighted by Gasteiger charge is -2.27. The molecule has 0 bridgehead atoms. The Kier molecular flexibility index (Phi) is 7.63. The zero-order valence-corrected chi connectivity index (χ0v) is 16.1. The summed E-state index contributed by atoms with van der Waals surface area (Å²) in [4.78, 5) is 12.3. The predicted molar refractivity (Wildman–Crippen MR) is 105 cm³/mol. The zero-order chi connectivity index (χ0) is 17.6. The molecule has 0 saturated carbocycles. The first-order valence-corrected chi connectivity index (χ1v) is 8.82. The maximum Gasteiger partial charge on any atom is 0.239 e. The number of rotatable bonds is 7. The Bertz CT molecular complexity index is 732. The fourth-order valence-electron chi connectivity index (χ4n) is 3.38. The topological polar surface area (TPSA) is 68.2 Å². The number of fused-ring (bicyclic) bond motifs is 1. The SMILES string of the molecule is COCCNCC(=O)Nc1c(C)cnn1C1CCCc2ccccc21.Cl. The molecule has 0 saturated heterocycles. The summed E-state index contributed by atoms with van der Waals surface area (Å²) in [5, 5.41) is 10.7. The van der Waals surface area contributed by atoms with Crippen molar-refractivity contribution >= 4 is 24.1 Å². The number of nitrogens with zero attached hydrogens (tertiary/aromatic N) is 2. The quantitative estimate of drug-likeness (QED) is 0.727. The van der Waals surface area contributed by atoms with Gasteiger partial charge >= 0.3 is 0 Å². The highest BCUT2D eigenvalue weighted by atomic mass is 35.5. The van der Waals surface area contributed by atoms with Gasteiger partial charge in [0, 0.05) is 19.2 Å². The van der Waals surface area contributed by atoms with E-state index in [4.69, 9.17) is 4.74 Å². The molecular formula is C19H27ClN4O2. The minimum Gasteiger partial charge on any atom is -0.383 e. The van der Waals surface area contributed by atoms with Crippen LogP contribution < -0.4 is 10.6 Å². The molecule has 3 rings (SSSR count). The summed E-state index contributed by atoms with van der Waals surface area (Å²) >= 11 is 0. The second-order valence-corrected chi connectivity index (χ2v) is 6.45. The number of aromatic nitrogens is 2. The van der Waals surface area contributed by atoms with Crippen molar-refractivity contribution in [1.82, 2.24) is 15.1 Å². The second-order valence-electron chi connectivity index (χ2n) is 6.45. The minimum absolute atomic E-state index is 0. The smallest absolute Gasteiger partial charge is 0.239 e. The minimum atomic E-state index is -0.0648. The van der Waals surface area contributed by atoms with Gasteiger partial charge in [0.25, 0.3) is 0 Å². The molecule has 1 aromatic heterocycles. The first-order valence-electron chi connectivity index (χ1n) is 8.82. The van der Waals surface area contributed by atoms with E-state index in [9.17, 15) is 4.79 Å². The number of benzene rings is 1. The van der Waals surface area contributed by atoms with Crippen LogP contribution in [0.5, 0.6) is 0 Å². The third kappa shape index (κ3) is 4.63. The standard InChI is InChI=1S/C19H26N4O2.ClH/c1-14-12-21-23(19(14)22-18(24)13-20-10-11-25-2)17-9-5-7-15-6-3-4-8-16(15)17;/h3-4,6,8,12,17,20H,5,7,9-11,13H2,1-2H3,(H,22,24);1H. The Hall–Kier alpha value is -1.89. The van der Waals surface area contributed by atoms with Crippen LogP contribution in [0.2, 0.25) is 0 Å². The van der Waals surface area contributed by atoms with E-state index in [1.54, 1.807) is 7.11 Å². The van der Waals surface area contributed by atoms with Crippen LogP contribution in [0.4, 0.5) is 5.82 Å². The van der Waals surface area contributed by atoms with Crippen molar-refractivity contribution in [2.75, 3.05) is 32.1 Å². The van der Waals surface area contributed by atoms with Gasteiger partial charge < -0.3 is 15.4 Å². The molecule has 1 amide bonds. The fourth-order valence-corrected chi connectivity index (χ4v) is 3.38. The number of methoxy groups -OCH3 is 1. The van der Waals surface area contributed by atoms with E-state index >= 15 is 0 Å². The Morgan fingerprint density at radius 3 is 3.00 bits per heavy atom. The lowest BCUT2D eigenvalue weighted by Crippen LogP contribution is -2.31. The maximum absolute atomic E-state index is 12.3. The molecule has 1 heterocycles. The second kappa shape index (κ2) is 9.71. The van der Waals surface area contributed by atoms with E-state index in [0.717, 1.165) is 30.6 Å². The summed E-state index contributed by atoms with van der Waals surface area (Å²) in [6.07, 6.45) is 5.10. The molecule has 1 aliphatic rings. The summed E-state index contributed by atoms with van der Waals surface area (Å²) in [7, 11) is 1.64. The molecule has 26 heavy (non-hydrogen) atoms. The molecule has 142 valence electrons. The van der Waals surface area contributed by atoms with Crippen LogP contribution >= 0.6 is 12.4 Å². The van der Waals surface area contributed by atoms with Crippen LogP contribution in [0.1, 0.15) is 35.6 Å². The van der Waals surface area contributed by atoms with Gasteiger partial charge in [0.1, 0.15) is 5.82 Å². The molecule has 1 aliphatic carbocycles. The fraction of sp³-hybridized carbons (Fsp3) is 0.474. The number of carbonyl (C=O) groups excluding carboxylic acids is 1. The van der Waals surface area contributed by atoms with Crippen molar-refractivity contribution < 1.29 is 9.53 Å². The van der Waals surface area contributed by atoms with Crippen LogP contribution in [-0.4, -0.2) is 42.5 Å². The largest absolute Gasteiger partial charge is 0.383 e. The highest BCUT2D eigenvalue weighted by Gasteiger charge is 2.25. The van der Waals surface area contributed by atoms with Gasteiger partial charge in [-0.05, 0) is 37.3 Å². The molecule has 2 aromatic rings. The summed E-state index contributed by atoms with van der Waals surface area (Å²) in [5.41, 5.74) is 3.67. The van der Waals surface area contributed by atoms with Crippen LogP contribution in [0.3, 0.4) is 0 Å². The number of ether oxygens (including phenoxy) is 1. The highest BCUT2D eigenvalue weighted by Crippen LogP contribution is 2.34. The molecule has 1 unspecified atom stereocenters. The summed E-state index contributed by atoms with van der Waals surface area (Å²) in [6, 6.07) is 8.70. The number of anilines is 1. The van der Waals surface area contributed by atoms with Crippen molar-refractivity contribution in [2.24, 2.45) is 0 Å². The Labute approximate surface area is 160 Å². The number of amides is 1. The average molecular weight is 379 g/mol. The number of nitrogens with one attached hydrogen (secondary N) is 2. The van der Waals surface area contributed by atoms with Gasteiger partial charge in [-0.2, -0.15) is 5.10 Å². The lowest BCUT2D eigenvalue weighted by atomic mass is 9.88. The Morgan fingerprint density at radius 2 is 2.19 bits per heavy atom. The van der Waals surface area contributed by atoms with E-state index in [1.165, 1.54) is 11.1 Å². The molecular weight excluding hydrogens is 352 g/mol. The third-order valence-electron chi connectivity index (χ3n) is 4.64. The van der Waals surface area contributed by atoms with Crippen molar-refractivity contribution in [3.8, 4) is 0 Å². The van der Waals surface area contributed by atoms with Gasteiger partial charge in [-0.15, -0.1) is 12.4 Å². The number of carbonyl (C=O) groups is 1. The first kappa shape index (κ1) is 20.4. The van der Waals surface area contributed by atoms with Gasteiger partial charge in [-0.3, -0.25) is 4.79 Å². The monoisotopic (exact) mass is 378 g/mol. The van der Waals surface area contributed by atoms with E-state index in [0.29, 0.717) is 13.2 Å². The van der Waals surface area contributed by atoms with Gasteiger partial charge in [0.15, 0.2) is 0 Å². The predicted octanol–water partition coefficient (Wildman–Crippen LogP) is 2.71. The van der Waals surface area contributed by atoms with Crippen molar-refractivity contribution in [2.45, 2.75) is 32.2 Å².